The lowest BCUT2D eigenvalue weighted by molar-refractivity contribution is 0.171. The highest BCUT2D eigenvalue weighted by Crippen LogP contribution is 1.92. The molecule has 0 spiro atoms. The number of hydrazone groups is 1. The number of nitrogens with one attached hydrogen (secondary N) is 1. The Hall–Kier alpha value is -2.18. The van der Waals surface area contributed by atoms with Crippen LogP contribution in [0.5, 0.6) is 0 Å². The van der Waals surface area contributed by atoms with Crippen molar-refractivity contribution >= 4 is 18.3 Å². The van der Waals surface area contributed by atoms with Gasteiger partial charge in [-0.05, 0) is 0 Å². The van der Waals surface area contributed by atoms with Crippen LogP contribution in [0.3, 0.4) is 0 Å². The number of amides is 1. The highest BCUT2D eigenvalue weighted by atomic mass is 16.5. The number of nitrogens with two attached hydrogens (primary N) is 1. The molecule has 14 heavy (non-hydrogen) atoms. The van der Waals surface area contributed by atoms with Gasteiger partial charge >= 0.3 is 6.09 Å². The summed E-state index contributed by atoms with van der Waals surface area (Å²) < 4.78 is 4.29. The fraction of sp³-hybridized carbons (Fsp3) is 0.143. The number of anilines is 1. The maximum Gasteiger partial charge on any atom is 0.427 e. The number of nitrogen functional groups attached to an aromatic ring is 1. The maximum absolute atomic E-state index is 10.6. The van der Waals surface area contributed by atoms with Gasteiger partial charge in [-0.15, -0.1) is 0 Å². The molecule has 0 aliphatic rings. The van der Waals surface area contributed by atoms with E-state index in [4.69, 9.17) is 5.73 Å². The van der Waals surface area contributed by atoms with E-state index in [-0.39, 0.29) is 5.95 Å². The molecule has 0 saturated heterocycles. The molecule has 1 amide bonds. The van der Waals surface area contributed by atoms with E-state index >= 15 is 0 Å². The Bertz CT molecular complexity index is 334. The third-order valence-electron chi connectivity index (χ3n) is 1.25. The topological polar surface area (TPSA) is 102 Å². The highest BCUT2D eigenvalue weighted by molar-refractivity contribution is 5.80. The van der Waals surface area contributed by atoms with E-state index in [0.717, 1.165) is 0 Å². The first-order chi connectivity index (χ1) is 6.72. The number of nitrogens with zero attached hydrogens (tertiary/aromatic N) is 3. The van der Waals surface area contributed by atoms with Gasteiger partial charge < -0.3 is 10.5 Å². The minimum absolute atomic E-state index is 0.183. The van der Waals surface area contributed by atoms with Gasteiger partial charge in [0.1, 0.15) is 0 Å². The van der Waals surface area contributed by atoms with Gasteiger partial charge in [0.05, 0.1) is 13.3 Å². The van der Waals surface area contributed by atoms with E-state index in [1.165, 1.54) is 25.7 Å². The van der Waals surface area contributed by atoms with Crippen LogP contribution >= 0.6 is 0 Å². The number of methoxy groups -OCH3 is 1. The number of aromatic nitrogens is 2. The second kappa shape index (κ2) is 4.75. The lowest BCUT2D eigenvalue weighted by atomic mass is 10.4. The molecule has 1 aromatic heterocycles. The zero-order chi connectivity index (χ0) is 10.4. The summed E-state index contributed by atoms with van der Waals surface area (Å²) in [6.45, 7) is 0. The minimum Gasteiger partial charge on any atom is -0.452 e. The molecule has 1 aromatic rings. The molecular formula is C7H9N5O2. The van der Waals surface area contributed by atoms with Crippen molar-refractivity contribution in [3.05, 3.63) is 18.0 Å². The predicted molar refractivity (Wildman–Crippen MR) is 49.6 cm³/mol. The molecule has 0 unspecified atom stereocenters. The Kier molecular flexibility index (Phi) is 3.36. The van der Waals surface area contributed by atoms with Crippen LogP contribution in [0.4, 0.5) is 10.7 Å². The summed E-state index contributed by atoms with van der Waals surface area (Å²) in [7, 11) is 1.25. The van der Waals surface area contributed by atoms with Crippen LogP contribution in [0.1, 0.15) is 5.56 Å². The third-order valence-corrected chi connectivity index (χ3v) is 1.25. The first kappa shape index (κ1) is 9.90. The summed E-state index contributed by atoms with van der Waals surface area (Å²) >= 11 is 0. The first-order valence-corrected chi connectivity index (χ1v) is 3.67. The van der Waals surface area contributed by atoms with Gasteiger partial charge in [0.25, 0.3) is 0 Å². The minimum atomic E-state index is -0.641. The standard InChI is InChI=1S/C7H9N5O2/c1-14-7(13)12-11-4-5-2-9-6(8)10-3-5/h2-4H,1H3,(H,12,13)(H2,8,9,10)/b11-4+. The average molecular weight is 195 g/mol. The maximum atomic E-state index is 10.6. The summed E-state index contributed by atoms with van der Waals surface area (Å²) in [6, 6.07) is 0. The molecule has 1 heterocycles. The van der Waals surface area contributed by atoms with E-state index in [9.17, 15) is 4.79 Å². The van der Waals surface area contributed by atoms with Crippen molar-refractivity contribution < 1.29 is 9.53 Å². The molecule has 0 atom stereocenters. The van der Waals surface area contributed by atoms with E-state index in [2.05, 4.69) is 25.2 Å². The van der Waals surface area contributed by atoms with E-state index in [0.29, 0.717) is 5.56 Å². The lowest BCUT2D eigenvalue weighted by Crippen LogP contribution is -2.16. The Morgan fingerprint density at radius 3 is 2.86 bits per heavy atom. The Balaban J connectivity index is 2.52. The average Bonchev–Trinajstić information content (AvgIpc) is 2.21. The number of rotatable bonds is 2. The molecule has 1 rings (SSSR count). The van der Waals surface area contributed by atoms with Crippen LogP contribution in [-0.2, 0) is 4.74 Å². The second-order valence-corrected chi connectivity index (χ2v) is 2.24. The lowest BCUT2D eigenvalue weighted by Gasteiger charge is -1.95. The van der Waals surface area contributed by atoms with Crippen molar-refractivity contribution in [2.75, 3.05) is 12.8 Å². The van der Waals surface area contributed by atoms with Crippen LogP contribution in [0.2, 0.25) is 0 Å². The van der Waals surface area contributed by atoms with Crippen molar-refractivity contribution in [3.63, 3.8) is 0 Å². The second-order valence-electron chi connectivity index (χ2n) is 2.24. The molecular weight excluding hydrogens is 186 g/mol. The Morgan fingerprint density at radius 2 is 2.29 bits per heavy atom. The molecule has 3 N–H and O–H groups in total. The summed E-state index contributed by atoms with van der Waals surface area (Å²) in [5, 5.41) is 3.57. The van der Waals surface area contributed by atoms with Crippen molar-refractivity contribution in [3.8, 4) is 0 Å². The molecule has 7 nitrogen and oxygen atoms in total. The summed E-state index contributed by atoms with van der Waals surface area (Å²) in [6.07, 6.45) is 3.68. The van der Waals surface area contributed by atoms with Gasteiger partial charge in [0.2, 0.25) is 5.95 Å². The fourth-order valence-corrected chi connectivity index (χ4v) is 0.620. The van der Waals surface area contributed by atoms with E-state index < -0.39 is 6.09 Å². The van der Waals surface area contributed by atoms with Crippen molar-refractivity contribution in [2.45, 2.75) is 0 Å². The van der Waals surface area contributed by atoms with Gasteiger partial charge in [-0.3, -0.25) is 0 Å². The van der Waals surface area contributed by atoms with Gasteiger partial charge in [0, 0.05) is 18.0 Å². The molecule has 0 bridgehead atoms. The zero-order valence-corrected chi connectivity index (χ0v) is 7.47. The van der Waals surface area contributed by atoms with Crippen molar-refractivity contribution in [1.82, 2.24) is 15.4 Å². The van der Waals surface area contributed by atoms with Crippen molar-refractivity contribution in [1.29, 1.82) is 0 Å². The SMILES string of the molecule is COC(=O)N/N=C/c1cnc(N)nc1. The fourth-order valence-electron chi connectivity index (χ4n) is 0.620. The smallest absolute Gasteiger partial charge is 0.427 e. The normalized spacial score (nSPS) is 10.1. The van der Waals surface area contributed by atoms with Gasteiger partial charge in [-0.1, -0.05) is 0 Å². The predicted octanol–water partition coefficient (Wildman–Crippen LogP) is -0.251. The van der Waals surface area contributed by atoms with E-state index in [1.807, 2.05) is 0 Å². The third kappa shape index (κ3) is 3.05. The molecule has 0 aliphatic carbocycles. The molecule has 0 radical (unpaired) electrons. The van der Waals surface area contributed by atoms with Crippen LogP contribution in [0.15, 0.2) is 17.5 Å². The largest absolute Gasteiger partial charge is 0.452 e. The molecule has 0 aromatic carbocycles. The van der Waals surface area contributed by atoms with Crippen LogP contribution < -0.4 is 11.2 Å². The summed E-state index contributed by atoms with van der Waals surface area (Å²) in [4.78, 5) is 18.0. The molecule has 7 heteroatoms. The molecule has 74 valence electrons. The van der Waals surface area contributed by atoms with Crippen LogP contribution in [0.25, 0.3) is 0 Å². The van der Waals surface area contributed by atoms with Gasteiger partial charge in [0.15, 0.2) is 0 Å². The van der Waals surface area contributed by atoms with Gasteiger partial charge in [-0.2, -0.15) is 5.10 Å². The number of carbonyl (C=O) groups is 1. The monoisotopic (exact) mass is 195 g/mol. The Morgan fingerprint density at radius 1 is 1.64 bits per heavy atom. The highest BCUT2D eigenvalue weighted by Gasteiger charge is 1.93. The van der Waals surface area contributed by atoms with Crippen LogP contribution in [-0.4, -0.2) is 29.4 Å². The number of hydrogen-bond donors (Lipinski definition) is 2. The summed E-state index contributed by atoms with van der Waals surface area (Å²) in [5.41, 5.74) is 8.01. The molecule has 0 fully saturated rings. The Labute approximate surface area is 80.0 Å². The summed E-state index contributed by atoms with van der Waals surface area (Å²) in [5.74, 6) is 0.183. The molecule has 0 aliphatic heterocycles. The zero-order valence-electron chi connectivity index (χ0n) is 7.47. The first-order valence-electron chi connectivity index (χ1n) is 3.67. The van der Waals surface area contributed by atoms with Gasteiger partial charge in [-0.25, -0.2) is 20.2 Å². The van der Waals surface area contributed by atoms with Crippen molar-refractivity contribution in [2.24, 2.45) is 5.10 Å². The van der Waals surface area contributed by atoms with E-state index in [1.54, 1.807) is 0 Å². The quantitative estimate of drug-likeness (QED) is 0.500. The molecule has 0 saturated carbocycles. The van der Waals surface area contributed by atoms with Crippen LogP contribution in [0, 0.1) is 0 Å². The number of carbonyl (C=O) groups excluding carboxylic acids is 1. The number of hydrogen-bond acceptors (Lipinski definition) is 6. The number of ether oxygens (including phenoxy) is 1.